The molecule has 1 saturated heterocycles. The molecule has 0 spiro atoms. The van der Waals surface area contributed by atoms with Crippen molar-refractivity contribution in [1.82, 2.24) is 14.3 Å². The zero-order valence-corrected chi connectivity index (χ0v) is 14.4. The number of anilines is 1. The molecular weight excluding hydrogens is 359 g/mol. The Balaban J connectivity index is 0.00000156. The Morgan fingerprint density at radius 3 is 2.83 bits per heavy atom. The van der Waals surface area contributed by atoms with Crippen LogP contribution in [0.4, 0.5) is 10.3 Å². The van der Waals surface area contributed by atoms with E-state index >= 15 is 0 Å². The molecule has 0 aliphatic carbocycles. The van der Waals surface area contributed by atoms with E-state index in [4.69, 9.17) is 10.7 Å². The molecule has 2 aromatic heterocycles. The molecule has 2 aliphatic heterocycles. The zero-order chi connectivity index (χ0) is 15.2. The number of thioether (sulfide) groups is 1. The molecule has 2 atom stereocenters. The number of halogens is 2. The van der Waals surface area contributed by atoms with Gasteiger partial charge in [0, 0.05) is 24.4 Å². The number of hydrogen-bond donors (Lipinski definition) is 1. The lowest BCUT2D eigenvalue weighted by Gasteiger charge is -2.32. The van der Waals surface area contributed by atoms with Crippen molar-refractivity contribution in [3.05, 3.63) is 35.4 Å². The molecular formula is C13H14ClFN6S2. The highest BCUT2D eigenvalue weighted by Crippen LogP contribution is 2.46. The lowest BCUT2D eigenvalue weighted by molar-refractivity contribution is 0.395. The average Bonchev–Trinajstić information content (AvgIpc) is 3.15. The fourth-order valence-electron chi connectivity index (χ4n) is 3.03. The monoisotopic (exact) mass is 372 g/mol. The van der Waals surface area contributed by atoms with E-state index in [9.17, 15) is 4.39 Å². The number of amidine groups is 1. The Morgan fingerprint density at radius 1 is 1.35 bits per heavy atom. The number of hydrogen-bond acceptors (Lipinski definition) is 8. The summed E-state index contributed by atoms with van der Waals surface area (Å²) in [5.41, 5.74) is 5.59. The summed E-state index contributed by atoms with van der Waals surface area (Å²) in [6.07, 6.45) is 4.17. The Labute approximate surface area is 147 Å². The Bertz CT molecular complexity index is 710. The highest BCUT2D eigenvalue weighted by Gasteiger charge is 2.51. The van der Waals surface area contributed by atoms with Crippen LogP contribution in [-0.2, 0) is 5.54 Å². The summed E-state index contributed by atoms with van der Waals surface area (Å²) in [4.78, 5) is 16.1. The summed E-state index contributed by atoms with van der Waals surface area (Å²) in [5, 5.41) is 0.603. The fourth-order valence-corrected chi connectivity index (χ4v) is 4.80. The molecule has 1 fully saturated rings. The minimum Gasteiger partial charge on any atom is -0.379 e. The van der Waals surface area contributed by atoms with E-state index in [0.29, 0.717) is 23.6 Å². The predicted octanol–water partition coefficient (Wildman–Crippen LogP) is 1.89. The van der Waals surface area contributed by atoms with Crippen molar-refractivity contribution in [3.8, 4) is 0 Å². The second kappa shape index (κ2) is 6.21. The second-order valence-corrected chi connectivity index (χ2v) is 7.21. The van der Waals surface area contributed by atoms with Gasteiger partial charge < -0.3 is 10.6 Å². The third-order valence-electron chi connectivity index (χ3n) is 4.04. The van der Waals surface area contributed by atoms with Crippen LogP contribution in [0.15, 0.2) is 29.6 Å². The summed E-state index contributed by atoms with van der Waals surface area (Å²) < 4.78 is 17.2. The minimum atomic E-state index is -0.435. The van der Waals surface area contributed by atoms with Crippen molar-refractivity contribution < 1.29 is 4.39 Å². The second-order valence-electron chi connectivity index (χ2n) is 5.34. The van der Waals surface area contributed by atoms with Gasteiger partial charge in [-0.3, -0.25) is 0 Å². The molecule has 2 N–H and O–H groups in total. The lowest BCUT2D eigenvalue weighted by atomic mass is 9.87. The molecule has 0 aromatic carbocycles. The van der Waals surface area contributed by atoms with Crippen molar-refractivity contribution in [1.29, 1.82) is 0 Å². The van der Waals surface area contributed by atoms with E-state index in [1.807, 2.05) is 11.0 Å². The lowest BCUT2D eigenvalue weighted by Crippen LogP contribution is -2.39. The van der Waals surface area contributed by atoms with Crippen molar-refractivity contribution in [3.63, 3.8) is 0 Å². The largest absolute Gasteiger partial charge is 0.379 e. The van der Waals surface area contributed by atoms with E-state index in [0.717, 1.165) is 17.2 Å². The van der Waals surface area contributed by atoms with Gasteiger partial charge in [0.2, 0.25) is 5.95 Å². The van der Waals surface area contributed by atoms with Crippen molar-refractivity contribution in [2.45, 2.75) is 5.54 Å². The van der Waals surface area contributed by atoms with Gasteiger partial charge >= 0.3 is 0 Å². The van der Waals surface area contributed by atoms with Crippen LogP contribution in [0.2, 0.25) is 0 Å². The van der Waals surface area contributed by atoms with Gasteiger partial charge in [-0.15, -0.1) is 12.4 Å². The van der Waals surface area contributed by atoms with Crippen LogP contribution in [0.25, 0.3) is 0 Å². The molecule has 4 rings (SSSR count). The standard InChI is InChI=1S/C13H13FN6S2.ClH/c14-9-3-16-12(17-4-9)20-5-8-6-21-11(15)19-13(8,7-20)10-1-2-18-22-10;/h1-4,8H,5-7H2,(H2,15,19);1H/t8-,13-;/m0./s1. The summed E-state index contributed by atoms with van der Waals surface area (Å²) >= 11 is 3.02. The molecule has 0 unspecified atom stereocenters. The first-order valence-corrected chi connectivity index (χ1v) is 8.55. The molecule has 23 heavy (non-hydrogen) atoms. The fraction of sp³-hybridized carbons (Fsp3) is 0.385. The van der Waals surface area contributed by atoms with Gasteiger partial charge in [0.1, 0.15) is 5.54 Å². The molecule has 6 nitrogen and oxygen atoms in total. The number of aromatic nitrogens is 3. The van der Waals surface area contributed by atoms with Crippen molar-refractivity contribution in [2.24, 2.45) is 16.6 Å². The third kappa shape index (κ3) is 2.77. The molecule has 0 saturated carbocycles. The van der Waals surface area contributed by atoms with Gasteiger partial charge in [-0.25, -0.2) is 23.7 Å². The zero-order valence-electron chi connectivity index (χ0n) is 11.9. The highest BCUT2D eigenvalue weighted by atomic mass is 35.5. The molecule has 0 bridgehead atoms. The first kappa shape index (κ1) is 16.4. The number of nitrogens with zero attached hydrogens (tertiary/aromatic N) is 5. The molecule has 10 heteroatoms. The Morgan fingerprint density at radius 2 is 2.13 bits per heavy atom. The third-order valence-corrected chi connectivity index (χ3v) is 5.91. The highest BCUT2D eigenvalue weighted by molar-refractivity contribution is 8.13. The van der Waals surface area contributed by atoms with Gasteiger partial charge in [-0.2, -0.15) is 0 Å². The summed E-state index contributed by atoms with van der Waals surface area (Å²) in [6, 6.07) is 2.00. The number of fused-ring (bicyclic) bond motifs is 1. The summed E-state index contributed by atoms with van der Waals surface area (Å²) in [6.45, 7) is 1.40. The number of aliphatic imine (C=N–C) groups is 1. The first-order valence-electron chi connectivity index (χ1n) is 6.79. The Kier molecular flexibility index (Phi) is 4.43. The van der Waals surface area contributed by atoms with Gasteiger partial charge in [0.15, 0.2) is 11.0 Å². The molecule has 2 aromatic rings. The maximum Gasteiger partial charge on any atom is 0.225 e. The van der Waals surface area contributed by atoms with Crippen molar-refractivity contribution in [2.75, 3.05) is 23.7 Å². The first-order chi connectivity index (χ1) is 10.7. The molecule has 0 amide bonds. The van der Waals surface area contributed by atoms with Gasteiger partial charge in [-0.05, 0) is 17.6 Å². The number of nitrogens with two attached hydrogens (primary N) is 1. The van der Waals surface area contributed by atoms with Crippen LogP contribution in [-0.4, -0.2) is 38.4 Å². The maximum absolute atomic E-state index is 13.0. The van der Waals surface area contributed by atoms with Gasteiger partial charge in [0.05, 0.1) is 23.8 Å². The van der Waals surface area contributed by atoms with E-state index in [1.165, 1.54) is 23.9 Å². The molecule has 2 aliphatic rings. The van der Waals surface area contributed by atoms with Gasteiger partial charge in [0.25, 0.3) is 0 Å². The molecule has 0 radical (unpaired) electrons. The van der Waals surface area contributed by atoms with Gasteiger partial charge in [-0.1, -0.05) is 11.8 Å². The summed E-state index contributed by atoms with van der Waals surface area (Å²) in [5.74, 6) is 1.29. The van der Waals surface area contributed by atoms with Crippen LogP contribution in [0.1, 0.15) is 4.88 Å². The van der Waals surface area contributed by atoms with E-state index < -0.39 is 11.4 Å². The normalized spacial score (nSPS) is 26.4. The van der Waals surface area contributed by atoms with Crippen molar-refractivity contribution >= 4 is 46.8 Å². The van der Waals surface area contributed by atoms with Crippen LogP contribution in [0, 0.1) is 11.7 Å². The van der Waals surface area contributed by atoms with Crippen LogP contribution < -0.4 is 10.6 Å². The Hall–Kier alpha value is -1.45. The van der Waals surface area contributed by atoms with E-state index in [1.54, 1.807) is 18.0 Å². The molecule has 4 heterocycles. The maximum atomic E-state index is 13.0. The van der Waals surface area contributed by atoms with E-state index in [2.05, 4.69) is 14.3 Å². The van der Waals surface area contributed by atoms with Crippen LogP contribution >= 0.6 is 35.7 Å². The quantitative estimate of drug-likeness (QED) is 0.867. The summed E-state index contributed by atoms with van der Waals surface area (Å²) in [7, 11) is 0. The predicted molar refractivity (Wildman–Crippen MR) is 92.8 cm³/mol. The average molecular weight is 373 g/mol. The number of rotatable bonds is 2. The SMILES string of the molecule is Cl.NC1=N[C@@]2(c3ccns3)CN(c3ncc(F)cn3)C[C@H]2CS1. The topological polar surface area (TPSA) is 80.3 Å². The molecule has 122 valence electrons. The van der Waals surface area contributed by atoms with Crippen LogP contribution in [0.5, 0.6) is 0 Å². The van der Waals surface area contributed by atoms with Crippen LogP contribution in [0.3, 0.4) is 0 Å². The van der Waals surface area contributed by atoms with E-state index in [-0.39, 0.29) is 12.4 Å². The minimum absolute atomic E-state index is 0. The smallest absolute Gasteiger partial charge is 0.225 e.